The minimum Gasteiger partial charge on any atom is -0.245 e. The van der Waals surface area contributed by atoms with Crippen molar-refractivity contribution in [2.45, 2.75) is 17.8 Å². The van der Waals surface area contributed by atoms with Crippen LogP contribution in [0.2, 0.25) is 0 Å². The van der Waals surface area contributed by atoms with Crippen molar-refractivity contribution in [3.63, 3.8) is 0 Å². The predicted molar refractivity (Wildman–Crippen MR) is 61.9 cm³/mol. The third kappa shape index (κ3) is 3.36. The van der Waals surface area contributed by atoms with Crippen molar-refractivity contribution in [2.75, 3.05) is 0 Å². The van der Waals surface area contributed by atoms with E-state index in [0.717, 1.165) is 16.9 Å². The lowest BCUT2D eigenvalue weighted by Gasteiger charge is -2.06. The number of hydrogen-bond donors (Lipinski definition) is 0. The second-order valence-electron chi connectivity index (χ2n) is 3.75. The van der Waals surface area contributed by atoms with Crippen molar-refractivity contribution < 1.29 is 25.8 Å². The second-order valence-corrected chi connectivity index (χ2v) is 5.37. The summed E-state index contributed by atoms with van der Waals surface area (Å²) in [4.78, 5) is -0.0804. The Morgan fingerprint density at radius 2 is 1.80 bits per heavy atom. The lowest BCUT2D eigenvalue weighted by molar-refractivity contribution is -0.141. The van der Waals surface area contributed by atoms with E-state index in [0.29, 0.717) is 0 Å². The molecule has 1 aromatic heterocycles. The molecule has 0 amide bonds. The molecular formula is C11H9F3N2O3S. The minimum atomic E-state index is -4.58. The molecule has 0 atom stereocenters. The molecule has 0 aliphatic rings. The molecule has 0 saturated carbocycles. The topological polar surface area (TPSA) is 61.2 Å². The predicted octanol–water partition coefficient (Wildman–Crippen LogP) is 2.26. The van der Waals surface area contributed by atoms with Crippen LogP contribution < -0.4 is 0 Å². The van der Waals surface area contributed by atoms with Gasteiger partial charge in [-0.3, -0.25) is 0 Å². The monoisotopic (exact) mass is 306 g/mol. The summed E-state index contributed by atoms with van der Waals surface area (Å²) in [6, 6.07) is 8.01. The second kappa shape index (κ2) is 5.25. The lowest BCUT2D eigenvalue weighted by Crippen LogP contribution is -2.12. The van der Waals surface area contributed by atoms with Crippen LogP contribution in [0.3, 0.4) is 0 Å². The summed E-state index contributed by atoms with van der Waals surface area (Å²) in [6.07, 6.45) is -3.59. The summed E-state index contributed by atoms with van der Waals surface area (Å²) in [7, 11) is -4.03. The van der Waals surface area contributed by atoms with E-state index in [9.17, 15) is 21.6 Å². The number of halogens is 3. The van der Waals surface area contributed by atoms with Crippen molar-refractivity contribution in [2.24, 2.45) is 0 Å². The molecule has 0 radical (unpaired) electrons. The maximum Gasteiger partial charge on any atom is 0.435 e. The van der Waals surface area contributed by atoms with Crippen LogP contribution in [0.25, 0.3) is 0 Å². The molecule has 0 spiro atoms. The van der Waals surface area contributed by atoms with Crippen LogP contribution in [0.15, 0.2) is 47.5 Å². The van der Waals surface area contributed by atoms with Gasteiger partial charge >= 0.3 is 6.18 Å². The largest absolute Gasteiger partial charge is 0.435 e. The van der Waals surface area contributed by atoms with Gasteiger partial charge in [-0.1, -0.05) is 18.2 Å². The molecule has 2 aromatic rings. The Hall–Kier alpha value is -1.87. The van der Waals surface area contributed by atoms with Gasteiger partial charge in [0.1, 0.15) is 0 Å². The highest BCUT2D eigenvalue weighted by molar-refractivity contribution is 7.86. The maximum absolute atomic E-state index is 12.3. The normalized spacial score (nSPS) is 12.6. The fourth-order valence-corrected chi connectivity index (χ4v) is 2.24. The highest BCUT2D eigenvalue weighted by atomic mass is 32.2. The first-order chi connectivity index (χ1) is 9.29. The van der Waals surface area contributed by atoms with Gasteiger partial charge in [-0.15, -0.1) is 0 Å². The van der Waals surface area contributed by atoms with Gasteiger partial charge in [0.05, 0.1) is 4.90 Å². The highest BCUT2D eigenvalue weighted by Gasteiger charge is 2.33. The van der Waals surface area contributed by atoms with E-state index in [1.807, 2.05) is 0 Å². The third-order valence-corrected chi connectivity index (χ3v) is 3.57. The van der Waals surface area contributed by atoms with Gasteiger partial charge in [0.25, 0.3) is 10.1 Å². The van der Waals surface area contributed by atoms with Crippen LogP contribution in [-0.4, -0.2) is 18.2 Å². The Labute approximate surface area is 112 Å². The first-order valence-electron chi connectivity index (χ1n) is 5.34. The van der Waals surface area contributed by atoms with E-state index >= 15 is 0 Å². The van der Waals surface area contributed by atoms with Gasteiger partial charge in [-0.05, 0) is 18.2 Å². The van der Waals surface area contributed by atoms with Gasteiger partial charge < -0.3 is 0 Å². The fourth-order valence-electron chi connectivity index (χ4n) is 1.36. The van der Waals surface area contributed by atoms with Crippen molar-refractivity contribution >= 4 is 10.1 Å². The number of nitrogens with zero attached hydrogens (tertiary/aromatic N) is 2. The summed E-state index contributed by atoms with van der Waals surface area (Å²) < 4.78 is 65.7. The molecule has 0 aliphatic heterocycles. The Balaban J connectivity index is 2.08. The third-order valence-electron chi connectivity index (χ3n) is 2.30. The molecule has 108 valence electrons. The van der Waals surface area contributed by atoms with E-state index in [2.05, 4.69) is 9.28 Å². The molecule has 5 nitrogen and oxygen atoms in total. The van der Waals surface area contributed by atoms with E-state index in [4.69, 9.17) is 0 Å². The van der Waals surface area contributed by atoms with Crippen LogP contribution in [0, 0.1) is 0 Å². The molecule has 2 rings (SSSR count). The Bertz CT molecular complexity index is 680. The summed E-state index contributed by atoms with van der Waals surface area (Å²) >= 11 is 0. The van der Waals surface area contributed by atoms with Gasteiger partial charge in [-0.25, -0.2) is 8.86 Å². The first kappa shape index (κ1) is 14.5. The van der Waals surface area contributed by atoms with E-state index in [-0.39, 0.29) is 4.90 Å². The molecule has 0 bridgehead atoms. The molecule has 0 fully saturated rings. The smallest absolute Gasteiger partial charge is 0.245 e. The standard InChI is InChI=1S/C11H9F3N2O3S/c12-11(13,14)10-6-7-16(15-10)8-19-20(17,18)9-4-2-1-3-5-9/h1-7H,8H2. The van der Waals surface area contributed by atoms with Gasteiger partial charge in [0, 0.05) is 6.20 Å². The average molecular weight is 306 g/mol. The first-order valence-corrected chi connectivity index (χ1v) is 6.75. The van der Waals surface area contributed by atoms with Crippen molar-refractivity contribution in [1.29, 1.82) is 0 Å². The average Bonchev–Trinajstić information content (AvgIpc) is 2.86. The quantitative estimate of drug-likeness (QED) is 0.813. The Morgan fingerprint density at radius 3 is 2.35 bits per heavy atom. The SMILES string of the molecule is O=S(=O)(OCn1ccc(C(F)(F)F)n1)c1ccccc1. The van der Waals surface area contributed by atoms with Gasteiger partial charge in [0.15, 0.2) is 12.4 Å². The molecule has 1 aromatic carbocycles. The zero-order chi connectivity index (χ0) is 14.8. The zero-order valence-corrected chi connectivity index (χ0v) is 10.7. The number of aromatic nitrogens is 2. The van der Waals surface area contributed by atoms with Crippen LogP contribution in [-0.2, 0) is 27.2 Å². The number of hydrogen-bond acceptors (Lipinski definition) is 4. The van der Waals surface area contributed by atoms with E-state index < -0.39 is 28.7 Å². The Morgan fingerprint density at radius 1 is 1.15 bits per heavy atom. The molecule has 0 N–H and O–H groups in total. The van der Waals surface area contributed by atoms with Crippen LogP contribution in [0.1, 0.15) is 5.69 Å². The van der Waals surface area contributed by atoms with Crippen molar-refractivity contribution in [3.05, 3.63) is 48.3 Å². The lowest BCUT2D eigenvalue weighted by atomic mass is 10.4. The molecule has 0 saturated heterocycles. The molecule has 1 heterocycles. The molecular weight excluding hydrogens is 297 g/mol. The summed E-state index contributed by atoms with van der Waals surface area (Å²) in [5.41, 5.74) is -1.11. The number of rotatable bonds is 4. The summed E-state index contributed by atoms with van der Waals surface area (Å²) in [5.74, 6) is 0. The van der Waals surface area contributed by atoms with Crippen molar-refractivity contribution in [1.82, 2.24) is 9.78 Å². The molecule has 0 aliphatic carbocycles. The fraction of sp³-hybridized carbons (Fsp3) is 0.182. The van der Waals surface area contributed by atoms with E-state index in [1.165, 1.54) is 24.3 Å². The highest BCUT2D eigenvalue weighted by Crippen LogP contribution is 2.27. The van der Waals surface area contributed by atoms with Crippen molar-refractivity contribution in [3.8, 4) is 0 Å². The molecule has 9 heteroatoms. The number of benzene rings is 1. The van der Waals surface area contributed by atoms with Gasteiger partial charge in [-0.2, -0.15) is 26.7 Å². The molecule has 20 heavy (non-hydrogen) atoms. The van der Waals surface area contributed by atoms with Crippen LogP contribution in [0.4, 0.5) is 13.2 Å². The van der Waals surface area contributed by atoms with Gasteiger partial charge in [0.2, 0.25) is 0 Å². The maximum atomic E-state index is 12.3. The van der Waals surface area contributed by atoms with Crippen LogP contribution >= 0.6 is 0 Å². The van der Waals surface area contributed by atoms with E-state index in [1.54, 1.807) is 6.07 Å². The number of alkyl halides is 3. The molecule has 0 unspecified atom stereocenters. The minimum absolute atomic E-state index is 0.0804. The summed E-state index contributed by atoms with van der Waals surface area (Å²) in [6.45, 7) is -0.632. The Kier molecular flexibility index (Phi) is 3.82. The summed E-state index contributed by atoms with van der Waals surface area (Å²) in [5, 5.41) is 3.18. The zero-order valence-electron chi connectivity index (χ0n) is 9.91. The van der Waals surface area contributed by atoms with Crippen LogP contribution in [0.5, 0.6) is 0 Å².